The standard InChI is InChI=1S/C19H23FN2O2S/c1-15-3-2-4-19(11-15)22-10-9-17(13-22)12-21-25(23,24)14-16-5-7-18(20)8-6-16/h2-8,11,17,21H,9-10,12-14H2,1H3. The third-order valence-corrected chi connectivity index (χ3v) is 5.83. The van der Waals surface area contributed by atoms with Gasteiger partial charge in [0, 0.05) is 25.3 Å². The Balaban J connectivity index is 1.52. The molecule has 6 heteroatoms. The third kappa shape index (κ3) is 5.03. The number of halogens is 1. The van der Waals surface area contributed by atoms with Crippen LogP contribution in [0.1, 0.15) is 17.5 Å². The molecule has 2 aromatic rings. The van der Waals surface area contributed by atoms with Crippen molar-refractivity contribution in [2.75, 3.05) is 24.5 Å². The zero-order valence-electron chi connectivity index (χ0n) is 14.3. The first-order valence-corrected chi connectivity index (χ1v) is 10.1. The lowest BCUT2D eigenvalue weighted by atomic mass is 10.1. The fourth-order valence-corrected chi connectivity index (χ4v) is 4.38. The molecule has 1 heterocycles. The van der Waals surface area contributed by atoms with E-state index in [1.54, 1.807) is 0 Å². The molecule has 3 rings (SSSR count). The van der Waals surface area contributed by atoms with Crippen LogP contribution in [0.15, 0.2) is 48.5 Å². The van der Waals surface area contributed by atoms with E-state index in [1.165, 1.54) is 35.5 Å². The van der Waals surface area contributed by atoms with E-state index in [0.717, 1.165) is 19.5 Å². The van der Waals surface area contributed by atoms with Gasteiger partial charge >= 0.3 is 0 Å². The number of nitrogens with one attached hydrogen (secondary N) is 1. The predicted molar refractivity (Wildman–Crippen MR) is 98.5 cm³/mol. The van der Waals surface area contributed by atoms with E-state index >= 15 is 0 Å². The summed E-state index contributed by atoms with van der Waals surface area (Å²) in [5.41, 5.74) is 3.00. The summed E-state index contributed by atoms with van der Waals surface area (Å²) < 4.78 is 40.0. The minimum Gasteiger partial charge on any atom is -0.371 e. The van der Waals surface area contributed by atoms with Gasteiger partial charge in [0.15, 0.2) is 0 Å². The van der Waals surface area contributed by atoms with E-state index in [2.05, 4.69) is 34.7 Å². The fourth-order valence-electron chi connectivity index (χ4n) is 3.15. The lowest BCUT2D eigenvalue weighted by molar-refractivity contribution is 0.541. The molecule has 134 valence electrons. The van der Waals surface area contributed by atoms with E-state index in [4.69, 9.17) is 0 Å². The number of aryl methyl sites for hydroxylation is 1. The number of rotatable bonds is 6. The van der Waals surface area contributed by atoms with Crippen LogP contribution in [-0.2, 0) is 15.8 Å². The second-order valence-electron chi connectivity index (χ2n) is 6.67. The molecule has 0 saturated carbocycles. The molecule has 25 heavy (non-hydrogen) atoms. The number of hydrogen-bond donors (Lipinski definition) is 1. The van der Waals surface area contributed by atoms with E-state index < -0.39 is 10.0 Å². The smallest absolute Gasteiger partial charge is 0.215 e. The second kappa shape index (κ2) is 7.54. The summed E-state index contributed by atoms with van der Waals surface area (Å²) in [5.74, 6) is -0.193. The van der Waals surface area contributed by atoms with Gasteiger partial charge in [0.25, 0.3) is 0 Å². The van der Waals surface area contributed by atoms with Crippen LogP contribution in [0.3, 0.4) is 0 Å². The van der Waals surface area contributed by atoms with Gasteiger partial charge in [-0.15, -0.1) is 0 Å². The van der Waals surface area contributed by atoms with Gasteiger partial charge in [0.1, 0.15) is 5.82 Å². The Morgan fingerprint density at radius 3 is 2.68 bits per heavy atom. The first-order valence-electron chi connectivity index (χ1n) is 8.45. The summed E-state index contributed by atoms with van der Waals surface area (Å²) in [6.45, 7) is 4.29. The minimum absolute atomic E-state index is 0.123. The predicted octanol–water partition coefficient (Wildman–Crippen LogP) is 3.08. The molecular formula is C19H23FN2O2S. The molecule has 1 atom stereocenters. The lowest BCUT2D eigenvalue weighted by Gasteiger charge is -2.19. The van der Waals surface area contributed by atoms with Crippen LogP contribution in [0.25, 0.3) is 0 Å². The van der Waals surface area contributed by atoms with Crippen molar-refractivity contribution in [1.29, 1.82) is 0 Å². The quantitative estimate of drug-likeness (QED) is 0.859. The van der Waals surface area contributed by atoms with E-state index in [9.17, 15) is 12.8 Å². The van der Waals surface area contributed by atoms with Gasteiger partial charge in [-0.3, -0.25) is 0 Å². The van der Waals surface area contributed by atoms with Crippen LogP contribution in [-0.4, -0.2) is 28.1 Å². The molecule has 0 aliphatic carbocycles. The zero-order valence-corrected chi connectivity index (χ0v) is 15.1. The molecule has 1 aliphatic heterocycles. The van der Waals surface area contributed by atoms with Crippen LogP contribution in [0, 0.1) is 18.7 Å². The summed E-state index contributed by atoms with van der Waals surface area (Å²) in [7, 11) is -3.41. The van der Waals surface area contributed by atoms with Gasteiger partial charge in [-0.2, -0.15) is 0 Å². The summed E-state index contributed by atoms with van der Waals surface area (Å²) in [5, 5.41) is 0. The third-order valence-electron chi connectivity index (χ3n) is 4.51. The molecule has 1 fully saturated rings. The Bertz CT molecular complexity index is 822. The molecule has 1 saturated heterocycles. The maximum Gasteiger partial charge on any atom is 0.215 e. The van der Waals surface area contributed by atoms with Gasteiger partial charge in [-0.25, -0.2) is 17.5 Å². The van der Waals surface area contributed by atoms with Crippen molar-refractivity contribution in [1.82, 2.24) is 4.72 Å². The van der Waals surface area contributed by atoms with Gasteiger partial charge < -0.3 is 4.90 Å². The summed E-state index contributed by atoms with van der Waals surface area (Å²) in [6.07, 6.45) is 0.965. The van der Waals surface area contributed by atoms with Crippen molar-refractivity contribution in [2.45, 2.75) is 19.1 Å². The van der Waals surface area contributed by atoms with Crippen LogP contribution < -0.4 is 9.62 Å². The molecule has 0 amide bonds. The number of sulfonamides is 1. The highest BCUT2D eigenvalue weighted by atomic mass is 32.2. The van der Waals surface area contributed by atoms with E-state index in [1.807, 2.05) is 6.07 Å². The molecule has 0 radical (unpaired) electrons. The highest BCUT2D eigenvalue weighted by molar-refractivity contribution is 7.88. The molecular weight excluding hydrogens is 339 g/mol. The van der Waals surface area contributed by atoms with Crippen LogP contribution in [0.2, 0.25) is 0 Å². The molecule has 0 spiro atoms. The molecule has 1 unspecified atom stereocenters. The monoisotopic (exact) mass is 362 g/mol. The van der Waals surface area contributed by atoms with Crippen molar-refractivity contribution < 1.29 is 12.8 Å². The maximum absolute atomic E-state index is 12.9. The van der Waals surface area contributed by atoms with Crippen molar-refractivity contribution in [3.05, 3.63) is 65.5 Å². The Morgan fingerprint density at radius 1 is 1.20 bits per heavy atom. The first-order chi connectivity index (χ1) is 11.9. The highest BCUT2D eigenvalue weighted by Gasteiger charge is 2.24. The molecule has 2 aromatic carbocycles. The van der Waals surface area contributed by atoms with Crippen molar-refractivity contribution in [3.8, 4) is 0 Å². The Kier molecular flexibility index (Phi) is 5.39. The Hall–Kier alpha value is -1.92. The van der Waals surface area contributed by atoms with Crippen molar-refractivity contribution in [2.24, 2.45) is 5.92 Å². The number of benzene rings is 2. The Morgan fingerprint density at radius 2 is 1.96 bits per heavy atom. The summed E-state index contributed by atoms with van der Waals surface area (Å²) in [6, 6.07) is 13.9. The van der Waals surface area contributed by atoms with Gasteiger partial charge in [0.2, 0.25) is 10.0 Å². The molecule has 0 aromatic heterocycles. The minimum atomic E-state index is -3.41. The van der Waals surface area contributed by atoms with Crippen molar-refractivity contribution >= 4 is 15.7 Å². The van der Waals surface area contributed by atoms with Crippen LogP contribution >= 0.6 is 0 Å². The molecule has 0 bridgehead atoms. The summed E-state index contributed by atoms with van der Waals surface area (Å²) >= 11 is 0. The first kappa shape index (κ1) is 17.9. The molecule has 1 N–H and O–H groups in total. The van der Waals surface area contributed by atoms with E-state index in [0.29, 0.717) is 18.0 Å². The number of nitrogens with zero attached hydrogens (tertiary/aromatic N) is 1. The van der Waals surface area contributed by atoms with Crippen LogP contribution in [0.5, 0.6) is 0 Å². The number of anilines is 1. The maximum atomic E-state index is 12.9. The largest absolute Gasteiger partial charge is 0.371 e. The van der Waals surface area contributed by atoms with Gasteiger partial charge in [-0.1, -0.05) is 24.3 Å². The average Bonchev–Trinajstić information content (AvgIpc) is 3.04. The van der Waals surface area contributed by atoms with E-state index in [-0.39, 0.29) is 11.6 Å². The van der Waals surface area contributed by atoms with Crippen LogP contribution in [0.4, 0.5) is 10.1 Å². The number of hydrogen-bond acceptors (Lipinski definition) is 3. The highest BCUT2D eigenvalue weighted by Crippen LogP contribution is 2.24. The lowest BCUT2D eigenvalue weighted by Crippen LogP contribution is -2.32. The second-order valence-corrected chi connectivity index (χ2v) is 8.48. The molecule has 4 nitrogen and oxygen atoms in total. The van der Waals surface area contributed by atoms with Gasteiger partial charge in [-0.05, 0) is 54.7 Å². The zero-order chi connectivity index (χ0) is 17.9. The van der Waals surface area contributed by atoms with Gasteiger partial charge in [0.05, 0.1) is 5.75 Å². The normalized spacial score (nSPS) is 17.8. The van der Waals surface area contributed by atoms with Crippen molar-refractivity contribution in [3.63, 3.8) is 0 Å². The Labute approximate surface area is 148 Å². The fraction of sp³-hybridized carbons (Fsp3) is 0.368. The average molecular weight is 362 g/mol. The summed E-state index contributed by atoms with van der Waals surface area (Å²) in [4.78, 5) is 2.30. The SMILES string of the molecule is Cc1cccc(N2CCC(CNS(=O)(=O)Cc3ccc(F)cc3)C2)c1. The topological polar surface area (TPSA) is 49.4 Å². The molecule has 1 aliphatic rings.